The molecule has 21 heavy (non-hydrogen) atoms. The molecular formula is C12H20N2O7. The van der Waals surface area contributed by atoms with Crippen molar-refractivity contribution >= 4 is 23.8 Å². The average molecular weight is 304 g/mol. The van der Waals surface area contributed by atoms with Gasteiger partial charge < -0.3 is 25.2 Å². The third-order valence-corrected chi connectivity index (χ3v) is 2.25. The molecule has 120 valence electrons. The van der Waals surface area contributed by atoms with Gasteiger partial charge in [-0.3, -0.25) is 9.59 Å². The molecule has 0 bridgehead atoms. The zero-order chi connectivity index (χ0) is 16.4. The quantitative estimate of drug-likeness (QED) is 0.352. The second-order valence-corrected chi connectivity index (χ2v) is 3.89. The van der Waals surface area contributed by atoms with Gasteiger partial charge >= 0.3 is 11.9 Å². The van der Waals surface area contributed by atoms with Crippen molar-refractivity contribution in [3.63, 3.8) is 0 Å². The van der Waals surface area contributed by atoms with Gasteiger partial charge in [0.2, 0.25) is 17.9 Å². The maximum Gasteiger partial charge on any atom is 0.340 e. The van der Waals surface area contributed by atoms with Crippen LogP contribution in [0, 0.1) is 0 Å². The van der Waals surface area contributed by atoms with Crippen LogP contribution in [0.5, 0.6) is 0 Å². The Kier molecular flexibility index (Phi) is 8.70. The Balaban J connectivity index is 4.79. The van der Waals surface area contributed by atoms with Crippen LogP contribution < -0.4 is 10.6 Å². The highest BCUT2D eigenvalue weighted by Gasteiger charge is 2.32. The van der Waals surface area contributed by atoms with Gasteiger partial charge in [-0.05, 0) is 20.8 Å². The molecule has 0 aliphatic rings. The molecule has 1 unspecified atom stereocenters. The molecular weight excluding hydrogens is 284 g/mol. The molecule has 0 rings (SSSR count). The molecule has 3 N–H and O–H groups in total. The minimum absolute atomic E-state index is 0.0292. The lowest BCUT2D eigenvalue weighted by Gasteiger charge is -2.19. The van der Waals surface area contributed by atoms with Crippen molar-refractivity contribution in [1.29, 1.82) is 0 Å². The zero-order valence-corrected chi connectivity index (χ0v) is 12.2. The van der Waals surface area contributed by atoms with Crippen LogP contribution in [0.3, 0.4) is 0 Å². The van der Waals surface area contributed by atoms with E-state index in [0.29, 0.717) is 0 Å². The molecule has 9 heteroatoms. The molecule has 0 aromatic carbocycles. The molecule has 0 saturated carbocycles. The molecule has 0 spiro atoms. The lowest BCUT2D eigenvalue weighted by molar-refractivity contribution is -0.159. The number of carbonyl (C=O) groups excluding carboxylic acids is 4. The van der Waals surface area contributed by atoms with Crippen molar-refractivity contribution in [1.82, 2.24) is 10.6 Å². The van der Waals surface area contributed by atoms with E-state index in [9.17, 15) is 19.2 Å². The molecule has 0 saturated heterocycles. The highest BCUT2D eigenvalue weighted by Crippen LogP contribution is 1.96. The maximum atomic E-state index is 11.8. The summed E-state index contributed by atoms with van der Waals surface area (Å²) in [6, 6.07) is -2.65. The molecule has 0 aromatic heterocycles. The first-order chi connectivity index (χ1) is 9.87. The summed E-state index contributed by atoms with van der Waals surface area (Å²) in [7, 11) is 0. The fourth-order valence-corrected chi connectivity index (χ4v) is 1.29. The predicted octanol–water partition coefficient (Wildman–Crippen LogP) is -1.91. The molecule has 9 nitrogen and oxygen atoms in total. The third kappa shape index (κ3) is 6.70. The van der Waals surface area contributed by atoms with Crippen molar-refractivity contribution in [2.45, 2.75) is 32.9 Å². The second-order valence-electron chi connectivity index (χ2n) is 3.89. The summed E-state index contributed by atoms with van der Waals surface area (Å²) >= 11 is 0. The Morgan fingerprint density at radius 2 is 1.48 bits per heavy atom. The number of esters is 2. The topological polar surface area (TPSA) is 131 Å². The van der Waals surface area contributed by atoms with Crippen molar-refractivity contribution < 1.29 is 33.8 Å². The molecule has 0 fully saturated rings. The molecule has 0 heterocycles. The van der Waals surface area contributed by atoms with Gasteiger partial charge in [0.05, 0.1) is 13.2 Å². The molecule has 2 amide bonds. The lowest BCUT2D eigenvalue weighted by Crippen LogP contribution is -2.54. The van der Waals surface area contributed by atoms with Crippen LogP contribution in [0.25, 0.3) is 0 Å². The van der Waals surface area contributed by atoms with Crippen LogP contribution >= 0.6 is 0 Å². The summed E-state index contributed by atoms with van der Waals surface area (Å²) in [5, 5.41) is 12.9. The summed E-state index contributed by atoms with van der Waals surface area (Å²) in [6.07, 6.45) is 0. The fourth-order valence-electron chi connectivity index (χ4n) is 1.29. The van der Waals surface area contributed by atoms with E-state index < -0.39 is 42.4 Å². The van der Waals surface area contributed by atoms with Crippen LogP contribution in [0.1, 0.15) is 20.8 Å². The van der Waals surface area contributed by atoms with Gasteiger partial charge in [-0.25, -0.2) is 9.59 Å². The first-order valence-electron chi connectivity index (χ1n) is 6.41. The number of hydrogen-bond donors (Lipinski definition) is 3. The van der Waals surface area contributed by atoms with Crippen LogP contribution in [-0.4, -0.2) is 60.8 Å². The third-order valence-electron chi connectivity index (χ3n) is 2.25. The van der Waals surface area contributed by atoms with Crippen LogP contribution in [-0.2, 0) is 28.7 Å². The van der Waals surface area contributed by atoms with Crippen LogP contribution in [0.4, 0.5) is 0 Å². The summed E-state index contributed by atoms with van der Waals surface area (Å²) in [4.78, 5) is 46.0. The number of carbonyl (C=O) groups is 4. The van der Waals surface area contributed by atoms with E-state index in [2.05, 4.69) is 20.1 Å². The number of ether oxygens (including phenoxy) is 2. The van der Waals surface area contributed by atoms with Gasteiger partial charge in [-0.15, -0.1) is 0 Å². The SMILES string of the molecule is CCOC(=O)C(NC(=O)C(C)NC(=O)CO)C(=O)OCC. The largest absolute Gasteiger partial charge is 0.464 e. The van der Waals surface area contributed by atoms with Crippen molar-refractivity contribution in [2.75, 3.05) is 19.8 Å². The van der Waals surface area contributed by atoms with Gasteiger partial charge in [0.1, 0.15) is 12.6 Å². The second kappa shape index (κ2) is 9.70. The van der Waals surface area contributed by atoms with Gasteiger partial charge in [0, 0.05) is 0 Å². The van der Waals surface area contributed by atoms with Crippen LogP contribution in [0.15, 0.2) is 0 Å². The first-order valence-corrected chi connectivity index (χ1v) is 6.41. The smallest absolute Gasteiger partial charge is 0.340 e. The highest BCUT2D eigenvalue weighted by molar-refractivity contribution is 6.03. The van der Waals surface area contributed by atoms with Gasteiger partial charge in [-0.1, -0.05) is 0 Å². The van der Waals surface area contributed by atoms with E-state index in [1.165, 1.54) is 6.92 Å². The Bertz CT molecular complexity index is 379. The number of aliphatic hydroxyl groups is 1. The Morgan fingerprint density at radius 3 is 1.86 bits per heavy atom. The van der Waals surface area contributed by atoms with Crippen molar-refractivity contribution in [3.05, 3.63) is 0 Å². The molecule has 0 aliphatic carbocycles. The number of amides is 2. The van der Waals surface area contributed by atoms with E-state index in [-0.39, 0.29) is 13.2 Å². The Morgan fingerprint density at radius 1 is 1.00 bits per heavy atom. The van der Waals surface area contributed by atoms with Gasteiger partial charge in [-0.2, -0.15) is 0 Å². The number of rotatable bonds is 8. The van der Waals surface area contributed by atoms with E-state index in [4.69, 9.17) is 5.11 Å². The summed E-state index contributed by atoms with van der Waals surface area (Å²) in [5.74, 6) is -3.46. The first kappa shape index (κ1) is 18.8. The predicted molar refractivity (Wildman–Crippen MR) is 69.9 cm³/mol. The van der Waals surface area contributed by atoms with E-state index in [1.807, 2.05) is 0 Å². The van der Waals surface area contributed by atoms with E-state index >= 15 is 0 Å². The van der Waals surface area contributed by atoms with Crippen molar-refractivity contribution in [2.24, 2.45) is 0 Å². The molecule has 0 radical (unpaired) electrons. The van der Waals surface area contributed by atoms with Crippen molar-refractivity contribution in [3.8, 4) is 0 Å². The Labute approximate surface area is 122 Å². The zero-order valence-electron chi connectivity index (χ0n) is 12.2. The Hall–Kier alpha value is -2.16. The number of hydrogen-bond acceptors (Lipinski definition) is 7. The molecule has 0 aromatic rings. The molecule has 0 aliphatic heterocycles. The summed E-state index contributed by atoms with van der Waals surface area (Å²) in [6.45, 7) is 3.70. The maximum absolute atomic E-state index is 11.8. The van der Waals surface area contributed by atoms with Gasteiger partial charge in [0.25, 0.3) is 0 Å². The fraction of sp³-hybridized carbons (Fsp3) is 0.667. The van der Waals surface area contributed by atoms with E-state index in [0.717, 1.165) is 0 Å². The summed E-state index contributed by atoms with van der Waals surface area (Å²) < 4.78 is 9.35. The average Bonchev–Trinajstić information content (AvgIpc) is 2.44. The standard InChI is InChI=1S/C12H20N2O7/c1-4-20-11(18)9(12(19)21-5-2)14-10(17)7(3)13-8(16)6-15/h7,9,15H,4-6H2,1-3H3,(H,13,16)(H,14,17). The number of nitrogens with one attached hydrogen (secondary N) is 2. The lowest BCUT2D eigenvalue weighted by atomic mass is 10.2. The minimum Gasteiger partial charge on any atom is -0.464 e. The highest BCUT2D eigenvalue weighted by atomic mass is 16.6. The molecule has 1 atom stereocenters. The summed E-state index contributed by atoms with van der Waals surface area (Å²) in [5.41, 5.74) is 0. The minimum atomic E-state index is -1.61. The normalized spacial score (nSPS) is 11.5. The monoisotopic (exact) mass is 304 g/mol. The number of aliphatic hydroxyl groups excluding tert-OH is 1. The van der Waals surface area contributed by atoms with Gasteiger partial charge in [0.15, 0.2) is 0 Å². The van der Waals surface area contributed by atoms with E-state index in [1.54, 1.807) is 13.8 Å². The van der Waals surface area contributed by atoms with Crippen LogP contribution in [0.2, 0.25) is 0 Å².